The quantitative estimate of drug-likeness (QED) is 0.700. The van der Waals surface area contributed by atoms with Crippen molar-refractivity contribution >= 4 is 12.0 Å². The van der Waals surface area contributed by atoms with Crippen molar-refractivity contribution in [2.75, 3.05) is 26.3 Å². The molecule has 6 heteroatoms. The fraction of sp³-hybridized carbons (Fsp3) is 0.857. The molecule has 0 aromatic carbocycles. The Bertz CT molecular complexity index is 335. The Morgan fingerprint density at radius 3 is 2.75 bits per heavy atom. The van der Waals surface area contributed by atoms with Crippen molar-refractivity contribution in [2.45, 2.75) is 51.5 Å². The summed E-state index contributed by atoms with van der Waals surface area (Å²) >= 11 is 0. The monoisotopic (exact) mass is 286 g/mol. The number of aliphatic carboxylic acids is 1. The number of nitrogens with zero attached hydrogens (tertiary/aromatic N) is 1. The van der Waals surface area contributed by atoms with Crippen LogP contribution in [0, 0.1) is 0 Å². The molecule has 0 spiro atoms. The summed E-state index contributed by atoms with van der Waals surface area (Å²) in [4.78, 5) is 24.9. The summed E-state index contributed by atoms with van der Waals surface area (Å²) in [6.45, 7) is 5.77. The molecule has 0 aromatic heterocycles. The number of carboxylic acid groups (broad SMARTS) is 1. The van der Waals surface area contributed by atoms with Gasteiger partial charge in [-0.05, 0) is 32.6 Å². The molecule has 0 bridgehead atoms. The molecule has 2 N–H and O–H groups in total. The summed E-state index contributed by atoms with van der Waals surface area (Å²) in [5, 5.41) is 12.1. The zero-order chi connectivity index (χ0) is 15.0. The van der Waals surface area contributed by atoms with Crippen molar-refractivity contribution in [1.29, 1.82) is 0 Å². The molecule has 0 radical (unpaired) electrons. The lowest BCUT2D eigenvalue weighted by molar-refractivity contribution is -0.150. The molecule has 1 rings (SSSR count). The van der Waals surface area contributed by atoms with Gasteiger partial charge in [0.15, 0.2) is 0 Å². The van der Waals surface area contributed by atoms with Gasteiger partial charge in [-0.15, -0.1) is 0 Å². The third-order valence-electron chi connectivity index (χ3n) is 3.76. The molecular formula is C14H26N2O4. The highest BCUT2D eigenvalue weighted by Gasteiger charge is 2.43. The van der Waals surface area contributed by atoms with Crippen molar-refractivity contribution in [2.24, 2.45) is 0 Å². The number of hydrogen-bond acceptors (Lipinski definition) is 3. The molecule has 116 valence electrons. The molecule has 0 aliphatic carbocycles. The molecule has 0 saturated carbocycles. The number of carbonyl (C=O) groups is 2. The third-order valence-corrected chi connectivity index (χ3v) is 3.76. The Hall–Kier alpha value is -1.30. The van der Waals surface area contributed by atoms with Gasteiger partial charge in [-0.2, -0.15) is 0 Å². The maximum absolute atomic E-state index is 12.1. The SMILES string of the molecule is CCCCOCCNC(=O)N1CCCCC1(C)C(=O)O. The number of ether oxygens (including phenoxy) is 1. The van der Waals surface area contributed by atoms with E-state index in [1.54, 1.807) is 6.92 Å². The van der Waals surface area contributed by atoms with Gasteiger partial charge in [0.2, 0.25) is 0 Å². The van der Waals surface area contributed by atoms with Gasteiger partial charge in [-0.25, -0.2) is 9.59 Å². The number of piperidine rings is 1. The minimum atomic E-state index is -1.09. The van der Waals surface area contributed by atoms with Crippen LogP contribution in [0.15, 0.2) is 0 Å². The highest BCUT2D eigenvalue weighted by molar-refractivity contribution is 5.86. The molecule has 0 aromatic rings. The van der Waals surface area contributed by atoms with E-state index in [1.165, 1.54) is 4.90 Å². The largest absolute Gasteiger partial charge is 0.480 e. The number of carboxylic acids is 1. The molecule has 2 amide bonds. The Balaban J connectivity index is 2.38. The Kier molecular flexibility index (Phi) is 6.78. The molecule has 1 fully saturated rings. The predicted molar refractivity (Wildman–Crippen MR) is 75.7 cm³/mol. The van der Waals surface area contributed by atoms with E-state index in [0.29, 0.717) is 32.7 Å². The molecule has 1 unspecified atom stereocenters. The predicted octanol–water partition coefficient (Wildman–Crippen LogP) is 1.84. The number of nitrogens with one attached hydrogen (secondary N) is 1. The van der Waals surface area contributed by atoms with Crippen LogP contribution < -0.4 is 5.32 Å². The fourth-order valence-electron chi connectivity index (χ4n) is 2.34. The van der Waals surface area contributed by atoms with E-state index in [1.807, 2.05) is 0 Å². The zero-order valence-electron chi connectivity index (χ0n) is 12.5. The Morgan fingerprint density at radius 1 is 1.35 bits per heavy atom. The van der Waals surface area contributed by atoms with Gasteiger partial charge in [0.05, 0.1) is 6.61 Å². The number of hydrogen-bond donors (Lipinski definition) is 2. The topological polar surface area (TPSA) is 78.9 Å². The van der Waals surface area contributed by atoms with Crippen LogP contribution in [-0.4, -0.2) is 53.8 Å². The lowest BCUT2D eigenvalue weighted by Gasteiger charge is -2.41. The van der Waals surface area contributed by atoms with Gasteiger partial charge in [0, 0.05) is 19.7 Å². The van der Waals surface area contributed by atoms with Gasteiger partial charge < -0.3 is 20.1 Å². The molecule has 20 heavy (non-hydrogen) atoms. The highest BCUT2D eigenvalue weighted by atomic mass is 16.5. The summed E-state index contributed by atoms with van der Waals surface area (Å²) in [5.74, 6) is -0.938. The van der Waals surface area contributed by atoms with Crippen molar-refractivity contribution in [3.8, 4) is 0 Å². The van der Waals surface area contributed by atoms with Crippen LogP contribution in [0.3, 0.4) is 0 Å². The van der Waals surface area contributed by atoms with Crippen LogP contribution in [0.2, 0.25) is 0 Å². The fourth-order valence-corrected chi connectivity index (χ4v) is 2.34. The standard InChI is InChI=1S/C14H26N2O4/c1-3-4-10-20-11-8-15-13(19)16-9-6-5-7-14(16,2)12(17)18/h3-11H2,1-2H3,(H,15,19)(H,17,18). The van der Waals surface area contributed by atoms with Crippen LogP contribution in [0.25, 0.3) is 0 Å². The van der Waals surface area contributed by atoms with Crippen molar-refractivity contribution in [3.05, 3.63) is 0 Å². The van der Waals surface area contributed by atoms with E-state index in [-0.39, 0.29) is 6.03 Å². The van der Waals surface area contributed by atoms with Crippen LogP contribution in [0.5, 0.6) is 0 Å². The maximum Gasteiger partial charge on any atom is 0.329 e. The number of rotatable bonds is 7. The summed E-state index contributed by atoms with van der Waals surface area (Å²) in [6, 6.07) is -0.311. The second kappa shape index (κ2) is 8.09. The van der Waals surface area contributed by atoms with E-state index >= 15 is 0 Å². The summed E-state index contributed by atoms with van der Waals surface area (Å²) in [6.07, 6.45) is 4.28. The van der Waals surface area contributed by atoms with Gasteiger partial charge in [-0.1, -0.05) is 13.3 Å². The normalized spacial score (nSPS) is 22.6. The number of urea groups is 1. The minimum Gasteiger partial charge on any atom is -0.480 e. The second-order valence-electron chi connectivity index (χ2n) is 5.39. The third kappa shape index (κ3) is 4.37. The average Bonchev–Trinajstić information content (AvgIpc) is 2.42. The van der Waals surface area contributed by atoms with Crippen LogP contribution >= 0.6 is 0 Å². The van der Waals surface area contributed by atoms with Crippen molar-refractivity contribution in [3.63, 3.8) is 0 Å². The maximum atomic E-state index is 12.1. The van der Waals surface area contributed by atoms with Crippen LogP contribution in [0.1, 0.15) is 46.0 Å². The molecular weight excluding hydrogens is 260 g/mol. The average molecular weight is 286 g/mol. The Morgan fingerprint density at radius 2 is 2.10 bits per heavy atom. The van der Waals surface area contributed by atoms with Gasteiger partial charge in [0.1, 0.15) is 5.54 Å². The van der Waals surface area contributed by atoms with Crippen molar-refractivity contribution in [1.82, 2.24) is 10.2 Å². The van der Waals surface area contributed by atoms with E-state index in [9.17, 15) is 14.7 Å². The first kappa shape index (κ1) is 16.8. The number of carbonyl (C=O) groups excluding carboxylic acids is 1. The Labute approximate surface area is 120 Å². The minimum absolute atomic E-state index is 0.311. The zero-order valence-corrected chi connectivity index (χ0v) is 12.5. The molecule has 1 saturated heterocycles. The number of likely N-dealkylation sites (tertiary alicyclic amines) is 1. The first-order valence-corrected chi connectivity index (χ1v) is 7.39. The second-order valence-corrected chi connectivity index (χ2v) is 5.39. The van der Waals surface area contributed by atoms with Gasteiger partial charge in [-0.3, -0.25) is 0 Å². The van der Waals surface area contributed by atoms with E-state index in [4.69, 9.17) is 4.74 Å². The molecule has 1 atom stereocenters. The van der Waals surface area contributed by atoms with Gasteiger partial charge in [0.25, 0.3) is 0 Å². The van der Waals surface area contributed by atoms with Crippen LogP contribution in [-0.2, 0) is 9.53 Å². The van der Waals surface area contributed by atoms with E-state index in [0.717, 1.165) is 25.7 Å². The van der Waals surface area contributed by atoms with Crippen molar-refractivity contribution < 1.29 is 19.4 Å². The van der Waals surface area contributed by atoms with Crippen LogP contribution in [0.4, 0.5) is 4.79 Å². The molecule has 6 nitrogen and oxygen atoms in total. The lowest BCUT2D eigenvalue weighted by Crippen LogP contribution is -2.60. The summed E-state index contributed by atoms with van der Waals surface area (Å²) in [7, 11) is 0. The summed E-state index contributed by atoms with van der Waals surface area (Å²) in [5.41, 5.74) is -1.09. The number of amides is 2. The number of unbranched alkanes of at least 4 members (excludes halogenated alkanes) is 1. The lowest BCUT2D eigenvalue weighted by atomic mass is 9.89. The van der Waals surface area contributed by atoms with Gasteiger partial charge >= 0.3 is 12.0 Å². The smallest absolute Gasteiger partial charge is 0.329 e. The molecule has 1 heterocycles. The molecule has 1 aliphatic heterocycles. The molecule has 1 aliphatic rings. The highest BCUT2D eigenvalue weighted by Crippen LogP contribution is 2.28. The first-order chi connectivity index (χ1) is 9.52. The first-order valence-electron chi connectivity index (χ1n) is 7.39. The van der Waals surface area contributed by atoms with E-state index < -0.39 is 11.5 Å². The summed E-state index contributed by atoms with van der Waals surface area (Å²) < 4.78 is 5.36. The van der Waals surface area contributed by atoms with E-state index in [2.05, 4.69) is 12.2 Å².